The minimum atomic E-state index is -0.588. The number of aryl methyl sites for hydroxylation is 2. The molecule has 0 aromatic carbocycles. The molecule has 1 atom stereocenters. The van der Waals surface area contributed by atoms with Gasteiger partial charge >= 0.3 is 11.8 Å². The van der Waals surface area contributed by atoms with Gasteiger partial charge in [-0.2, -0.15) is 0 Å². The predicted octanol–water partition coefficient (Wildman–Crippen LogP) is 3.32. The number of carbonyl (C=O) groups is 1. The lowest BCUT2D eigenvalue weighted by Crippen LogP contribution is -2.36. The third-order valence-electron chi connectivity index (χ3n) is 6.87. The molecule has 0 radical (unpaired) electrons. The van der Waals surface area contributed by atoms with Gasteiger partial charge in [-0.3, -0.25) is 23.8 Å². The third kappa shape index (κ3) is 4.41. The summed E-state index contributed by atoms with van der Waals surface area (Å²) >= 11 is 0. The highest BCUT2D eigenvalue weighted by Crippen LogP contribution is 2.30. The van der Waals surface area contributed by atoms with E-state index in [0.29, 0.717) is 58.7 Å². The van der Waals surface area contributed by atoms with Crippen LogP contribution in [0.5, 0.6) is 0 Å². The zero-order chi connectivity index (χ0) is 27.5. The van der Waals surface area contributed by atoms with Crippen LogP contribution in [0.4, 0.5) is 4.79 Å². The Kier molecular flexibility index (Phi) is 5.70. The van der Waals surface area contributed by atoms with E-state index in [1.54, 1.807) is 44.4 Å². The fourth-order valence-electron chi connectivity index (χ4n) is 4.99. The highest BCUT2D eigenvalue weighted by molar-refractivity contribution is 6.00. The van der Waals surface area contributed by atoms with Gasteiger partial charge in [-0.1, -0.05) is 5.21 Å². The van der Waals surface area contributed by atoms with Crippen LogP contribution in [0.3, 0.4) is 0 Å². The molecule has 1 amide bonds. The number of nitrogens with zero attached hydrogens (tertiary/aromatic N) is 9. The summed E-state index contributed by atoms with van der Waals surface area (Å²) in [6, 6.07) is 7.40. The average Bonchev–Trinajstić information content (AvgIpc) is 3.62. The number of hydrogen-bond donors (Lipinski definition) is 0. The van der Waals surface area contributed by atoms with E-state index in [0.717, 1.165) is 5.56 Å². The number of likely N-dealkylation sites (tertiary alicyclic amines) is 1. The van der Waals surface area contributed by atoms with Gasteiger partial charge in [0.15, 0.2) is 0 Å². The fourth-order valence-corrected chi connectivity index (χ4v) is 4.99. The lowest BCUT2D eigenvalue weighted by atomic mass is 10.1. The van der Waals surface area contributed by atoms with Gasteiger partial charge in [-0.05, 0) is 51.5 Å². The minimum absolute atomic E-state index is 0.169. The Morgan fingerprint density at radius 1 is 1.03 bits per heavy atom. The summed E-state index contributed by atoms with van der Waals surface area (Å²) in [6.45, 7) is 6.41. The zero-order valence-electron chi connectivity index (χ0n) is 22.5. The summed E-state index contributed by atoms with van der Waals surface area (Å²) in [5, 5.41) is 8.08. The normalized spacial score (nSPS) is 15.9. The number of amides is 1. The van der Waals surface area contributed by atoms with Crippen LogP contribution >= 0.6 is 0 Å². The van der Waals surface area contributed by atoms with E-state index in [1.807, 2.05) is 52.1 Å². The minimum Gasteiger partial charge on any atom is -0.444 e. The van der Waals surface area contributed by atoms with Crippen LogP contribution in [0.25, 0.3) is 44.7 Å². The van der Waals surface area contributed by atoms with E-state index in [4.69, 9.17) is 9.72 Å². The number of imidazole rings is 1. The molecule has 6 heterocycles. The molecule has 0 spiro atoms. The predicted molar refractivity (Wildman–Crippen MR) is 145 cm³/mol. The third-order valence-corrected chi connectivity index (χ3v) is 6.87. The summed E-state index contributed by atoms with van der Waals surface area (Å²) in [5.41, 5.74) is 4.86. The van der Waals surface area contributed by atoms with Gasteiger partial charge in [-0.15, -0.1) is 5.10 Å². The standard InChI is InChI=1S/C27H29N9O3/c1-27(2,3)39-26(38)35-11-10-17(14-35)36-24-22(34(5)25(36)37)13-29-20-9-8-18(30-23(20)24)16-6-7-19(28-12-16)21-15-33(4)32-31-21/h6-9,12-13,15,17H,10-11,14H2,1-5H3/t17-/m0/s1. The van der Waals surface area contributed by atoms with Crippen molar-refractivity contribution in [1.82, 2.24) is 44.0 Å². The Morgan fingerprint density at radius 3 is 2.51 bits per heavy atom. The molecular formula is C27H29N9O3. The molecule has 1 aliphatic heterocycles. The lowest BCUT2D eigenvalue weighted by molar-refractivity contribution is 0.0289. The van der Waals surface area contributed by atoms with Crippen molar-refractivity contribution < 1.29 is 9.53 Å². The molecular weight excluding hydrogens is 498 g/mol. The Labute approximate surface area is 223 Å². The number of ether oxygens (including phenoxy) is 1. The monoisotopic (exact) mass is 527 g/mol. The summed E-state index contributed by atoms with van der Waals surface area (Å²) in [5.74, 6) is 0. The molecule has 1 fully saturated rings. The van der Waals surface area contributed by atoms with Crippen molar-refractivity contribution in [2.45, 2.75) is 38.8 Å². The van der Waals surface area contributed by atoms with Crippen molar-refractivity contribution in [2.75, 3.05) is 13.1 Å². The zero-order valence-corrected chi connectivity index (χ0v) is 22.5. The van der Waals surface area contributed by atoms with Gasteiger partial charge in [0.25, 0.3) is 0 Å². The van der Waals surface area contributed by atoms with E-state index in [-0.39, 0.29) is 17.8 Å². The van der Waals surface area contributed by atoms with E-state index >= 15 is 0 Å². The smallest absolute Gasteiger partial charge is 0.410 e. The molecule has 5 aromatic heterocycles. The largest absolute Gasteiger partial charge is 0.444 e. The van der Waals surface area contributed by atoms with Crippen molar-refractivity contribution >= 4 is 28.2 Å². The van der Waals surface area contributed by atoms with Crippen LogP contribution in [-0.2, 0) is 18.8 Å². The first-order chi connectivity index (χ1) is 18.6. The van der Waals surface area contributed by atoms with E-state index < -0.39 is 5.60 Å². The Morgan fingerprint density at radius 2 is 1.82 bits per heavy atom. The Hall–Kier alpha value is -4.61. The number of hydrogen-bond acceptors (Lipinski definition) is 8. The van der Waals surface area contributed by atoms with Crippen LogP contribution in [-0.4, -0.2) is 68.8 Å². The summed E-state index contributed by atoms with van der Waals surface area (Å²) in [4.78, 5) is 41.9. The molecule has 0 saturated carbocycles. The summed E-state index contributed by atoms with van der Waals surface area (Å²) < 4.78 is 10.5. The Balaban J connectivity index is 1.40. The Bertz CT molecular complexity index is 1780. The van der Waals surface area contributed by atoms with Crippen molar-refractivity contribution in [3.63, 3.8) is 0 Å². The number of rotatable bonds is 3. The van der Waals surface area contributed by atoms with E-state index in [2.05, 4.69) is 20.3 Å². The van der Waals surface area contributed by atoms with Crippen LogP contribution in [0.2, 0.25) is 0 Å². The van der Waals surface area contributed by atoms with Crippen LogP contribution in [0.15, 0.2) is 47.7 Å². The molecule has 12 heteroatoms. The topological polar surface area (TPSA) is 126 Å². The number of pyridine rings is 3. The second-order valence-corrected chi connectivity index (χ2v) is 10.8. The van der Waals surface area contributed by atoms with Crippen LogP contribution in [0.1, 0.15) is 33.2 Å². The molecule has 12 nitrogen and oxygen atoms in total. The number of carbonyl (C=O) groups excluding carboxylic acids is 1. The molecule has 6 rings (SSSR count). The second kappa shape index (κ2) is 9.00. The molecule has 0 aliphatic carbocycles. The van der Waals surface area contributed by atoms with Gasteiger partial charge in [0.05, 0.1) is 46.4 Å². The highest BCUT2D eigenvalue weighted by atomic mass is 16.6. The van der Waals surface area contributed by atoms with Crippen molar-refractivity contribution in [2.24, 2.45) is 14.1 Å². The number of fused-ring (bicyclic) bond motifs is 3. The number of aromatic nitrogens is 8. The molecule has 0 N–H and O–H groups in total. The van der Waals surface area contributed by atoms with Gasteiger partial charge in [0, 0.05) is 38.9 Å². The van der Waals surface area contributed by atoms with E-state index in [1.165, 1.54) is 0 Å². The maximum absolute atomic E-state index is 13.5. The summed E-state index contributed by atoms with van der Waals surface area (Å²) in [6.07, 6.45) is 5.52. The average molecular weight is 528 g/mol. The first-order valence-electron chi connectivity index (χ1n) is 12.8. The molecule has 0 bridgehead atoms. The summed E-state index contributed by atoms with van der Waals surface area (Å²) in [7, 11) is 3.54. The molecule has 0 unspecified atom stereocenters. The molecule has 1 saturated heterocycles. The molecule has 200 valence electrons. The van der Waals surface area contributed by atoms with Gasteiger partial charge in [0.1, 0.15) is 16.8 Å². The van der Waals surface area contributed by atoms with Crippen LogP contribution in [0, 0.1) is 0 Å². The van der Waals surface area contributed by atoms with Crippen molar-refractivity contribution in [1.29, 1.82) is 0 Å². The van der Waals surface area contributed by atoms with E-state index in [9.17, 15) is 9.59 Å². The van der Waals surface area contributed by atoms with Gasteiger partial charge < -0.3 is 9.64 Å². The van der Waals surface area contributed by atoms with Crippen molar-refractivity contribution in [3.05, 3.63) is 53.3 Å². The molecule has 1 aliphatic rings. The quantitative estimate of drug-likeness (QED) is 0.350. The first-order valence-corrected chi connectivity index (χ1v) is 12.8. The van der Waals surface area contributed by atoms with Gasteiger partial charge in [0.2, 0.25) is 0 Å². The van der Waals surface area contributed by atoms with Gasteiger partial charge in [-0.25, -0.2) is 14.6 Å². The second-order valence-electron chi connectivity index (χ2n) is 10.8. The maximum atomic E-state index is 13.5. The first kappa shape index (κ1) is 24.7. The molecule has 5 aromatic rings. The maximum Gasteiger partial charge on any atom is 0.410 e. The van der Waals surface area contributed by atoms with Crippen molar-refractivity contribution in [3.8, 4) is 22.6 Å². The van der Waals surface area contributed by atoms with Crippen LogP contribution < -0.4 is 5.69 Å². The fraction of sp³-hybridized carbons (Fsp3) is 0.370. The highest BCUT2D eigenvalue weighted by Gasteiger charge is 2.33. The molecule has 39 heavy (non-hydrogen) atoms. The SMILES string of the molecule is Cn1cc(-c2ccc(-c3ccc4ncc5c(c4n3)n([C@H]3CCN(C(=O)OC(C)(C)C)C3)c(=O)n5C)cn2)nn1. The lowest BCUT2D eigenvalue weighted by Gasteiger charge is -2.24.